The van der Waals surface area contributed by atoms with Gasteiger partial charge in [-0.25, -0.2) is 0 Å². The van der Waals surface area contributed by atoms with Crippen LogP contribution in [0.5, 0.6) is 0 Å². The topological polar surface area (TPSA) is 49.3 Å². The van der Waals surface area contributed by atoms with Crippen LogP contribution in [0.4, 0.5) is 0 Å². The standard InChI is InChI=1S/C14H19Cl2NO2/c1-9(13(19)17-14(2,3)8-18)6-10-4-5-11(15)7-12(10)16/h4-5,7,9,18H,6,8H2,1-3H3,(H,17,19). The maximum absolute atomic E-state index is 12.0. The number of aliphatic hydroxyl groups excluding tert-OH is 1. The Morgan fingerprint density at radius 3 is 2.58 bits per heavy atom. The summed E-state index contributed by atoms with van der Waals surface area (Å²) in [6.07, 6.45) is 0.531. The molecule has 1 atom stereocenters. The number of hydrogen-bond donors (Lipinski definition) is 2. The molecule has 0 radical (unpaired) electrons. The average Bonchev–Trinajstić information content (AvgIpc) is 2.32. The molecule has 1 aromatic rings. The third-order valence-electron chi connectivity index (χ3n) is 2.85. The molecule has 1 amide bonds. The second-order valence-corrected chi connectivity index (χ2v) is 6.22. The van der Waals surface area contributed by atoms with Crippen LogP contribution in [0.15, 0.2) is 18.2 Å². The van der Waals surface area contributed by atoms with Gasteiger partial charge in [0.15, 0.2) is 0 Å². The van der Waals surface area contributed by atoms with Crippen LogP contribution in [-0.2, 0) is 11.2 Å². The molecule has 3 nitrogen and oxygen atoms in total. The number of benzene rings is 1. The van der Waals surface area contributed by atoms with Gasteiger partial charge in [0.1, 0.15) is 0 Å². The smallest absolute Gasteiger partial charge is 0.223 e. The van der Waals surface area contributed by atoms with Crippen LogP contribution in [0.25, 0.3) is 0 Å². The molecule has 2 N–H and O–H groups in total. The monoisotopic (exact) mass is 303 g/mol. The molecule has 1 unspecified atom stereocenters. The van der Waals surface area contributed by atoms with Crippen molar-refractivity contribution in [3.63, 3.8) is 0 Å². The van der Waals surface area contributed by atoms with Crippen LogP contribution in [0.3, 0.4) is 0 Å². The van der Waals surface area contributed by atoms with Crippen LogP contribution < -0.4 is 5.32 Å². The van der Waals surface area contributed by atoms with Gasteiger partial charge in [0.25, 0.3) is 0 Å². The summed E-state index contributed by atoms with van der Waals surface area (Å²) in [7, 11) is 0. The Hall–Kier alpha value is -0.770. The maximum atomic E-state index is 12.0. The second-order valence-electron chi connectivity index (χ2n) is 5.37. The molecule has 5 heteroatoms. The zero-order valence-electron chi connectivity index (χ0n) is 11.3. The molecular weight excluding hydrogens is 285 g/mol. The van der Waals surface area contributed by atoms with Crippen molar-refractivity contribution in [3.05, 3.63) is 33.8 Å². The maximum Gasteiger partial charge on any atom is 0.223 e. The van der Waals surface area contributed by atoms with Crippen molar-refractivity contribution < 1.29 is 9.90 Å². The quantitative estimate of drug-likeness (QED) is 0.878. The highest BCUT2D eigenvalue weighted by Gasteiger charge is 2.23. The van der Waals surface area contributed by atoms with Crippen LogP contribution in [0.1, 0.15) is 26.3 Å². The first kappa shape index (κ1) is 16.3. The molecule has 1 rings (SSSR count). The second kappa shape index (κ2) is 6.60. The molecule has 0 fully saturated rings. The van der Waals surface area contributed by atoms with E-state index < -0.39 is 5.54 Å². The Balaban J connectivity index is 2.69. The van der Waals surface area contributed by atoms with E-state index >= 15 is 0 Å². The minimum absolute atomic E-state index is 0.104. The lowest BCUT2D eigenvalue weighted by Gasteiger charge is -2.25. The van der Waals surface area contributed by atoms with Gasteiger partial charge in [0.05, 0.1) is 12.1 Å². The minimum Gasteiger partial charge on any atom is -0.394 e. The van der Waals surface area contributed by atoms with E-state index in [1.54, 1.807) is 26.0 Å². The molecule has 0 saturated carbocycles. The van der Waals surface area contributed by atoms with Gasteiger partial charge >= 0.3 is 0 Å². The van der Waals surface area contributed by atoms with E-state index in [-0.39, 0.29) is 18.4 Å². The Morgan fingerprint density at radius 2 is 2.05 bits per heavy atom. The predicted octanol–water partition coefficient (Wildman–Crippen LogP) is 3.06. The number of carbonyl (C=O) groups excluding carboxylic acids is 1. The summed E-state index contributed by atoms with van der Waals surface area (Å²) < 4.78 is 0. The van der Waals surface area contributed by atoms with Crippen molar-refractivity contribution in [1.82, 2.24) is 5.32 Å². The van der Waals surface area contributed by atoms with Gasteiger partial charge in [0, 0.05) is 16.0 Å². The first-order valence-electron chi connectivity index (χ1n) is 6.12. The van der Waals surface area contributed by atoms with Crippen molar-refractivity contribution in [2.45, 2.75) is 32.7 Å². The number of hydrogen-bond acceptors (Lipinski definition) is 2. The van der Waals surface area contributed by atoms with E-state index in [0.29, 0.717) is 16.5 Å². The van der Waals surface area contributed by atoms with E-state index in [1.165, 1.54) is 0 Å². The molecule has 0 aliphatic carbocycles. The Bertz CT molecular complexity index is 461. The van der Waals surface area contributed by atoms with Crippen LogP contribution in [0.2, 0.25) is 10.0 Å². The van der Waals surface area contributed by atoms with E-state index in [1.807, 2.05) is 13.0 Å². The van der Waals surface area contributed by atoms with E-state index in [4.69, 9.17) is 28.3 Å². The molecule has 0 spiro atoms. The van der Waals surface area contributed by atoms with Crippen molar-refractivity contribution >= 4 is 29.1 Å². The van der Waals surface area contributed by atoms with E-state index in [2.05, 4.69) is 5.32 Å². The molecule has 19 heavy (non-hydrogen) atoms. The normalized spacial score (nSPS) is 13.2. The fraction of sp³-hybridized carbons (Fsp3) is 0.500. The van der Waals surface area contributed by atoms with Gasteiger partial charge in [0.2, 0.25) is 5.91 Å². The number of amides is 1. The largest absolute Gasteiger partial charge is 0.394 e. The Morgan fingerprint density at radius 1 is 1.42 bits per heavy atom. The Labute approximate surface area is 123 Å². The SMILES string of the molecule is CC(Cc1ccc(Cl)cc1Cl)C(=O)NC(C)(C)CO. The predicted molar refractivity (Wildman–Crippen MR) is 78.6 cm³/mol. The fourth-order valence-corrected chi connectivity index (χ4v) is 2.09. The van der Waals surface area contributed by atoms with Gasteiger partial charge < -0.3 is 10.4 Å². The Kier molecular flexibility index (Phi) is 5.65. The molecule has 0 heterocycles. The van der Waals surface area contributed by atoms with Gasteiger partial charge in [-0.15, -0.1) is 0 Å². The third-order valence-corrected chi connectivity index (χ3v) is 3.43. The highest BCUT2D eigenvalue weighted by molar-refractivity contribution is 6.35. The lowest BCUT2D eigenvalue weighted by molar-refractivity contribution is -0.126. The van der Waals surface area contributed by atoms with Crippen molar-refractivity contribution in [2.75, 3.05) is 6.61 Å². The lowest BCUT2D eigenvalue weighted by Crippen LogP contribution is -2.48. The van der Waals surface area contributed by atoms with E-state index in [0.717, 1.165) is 5.56 Å². The molecule has 0 saturated heterocycles. The molecule has 106 valence electrons. The van der Waals surface area contributed by atoms with Crippen LogP contribution in [-0.4, -0.2) is 23.2 Å². The summed E-state index contributed by atoms with van der Waals surface area (Å²) in [6.45, 7) is 5.26. The zero-order valence-corrected chi connectivity index (χ0v) is 12.8. The van der Waals surface area contributed by atoms with Gasteiger partial charge in [-0.2, -0.15) is 0 Å². The van der Waals surface area contributed by atoms with Crippen LogP contribution >= 0.6 is 23.2 Å². The molecule has 1 aromatic carbocycles. The highest BCUT2D eigenvalue weighted by Crippen LogP contribution is 2.23. The van der Waals surface area contributed by atoms with Crippen LogP contribution in [0, 0.1) is 5.92 Å². The molecule has 0 aromatic heterocycles. The third kappa shape index (κ3) is 5.01. The number of halogens is 2. The summed E-state index contributed by atoms with van der Waals surface area (Å²) in [6, 6.07) is 5.25. The molecule has 0 aliphatic heterocycles. The minimum atomic E-state index is -0.616. The number of carbonyl (C=O) groups is 1. The number of rotatable bonds is 5. The molecule has 0 bridgehead atoms. The number of aliphatic hydroxyl groups is 1. The first-order valence-corrected chi connectivity index (χ1v) is 6.87. The average molecular weight is 304 g/mol. The molecular formula is C14H19Cl2NO2. The summed E-state index contributed by atoms with van der Waals surface area (Å²) in [4.78, 5) is 12.0. The zero-order chi connectivity index (χ0) is 14.6. The van der Waals surface area contributed by atoms with Gasteiger partial charge in [-0.1, -0.05) is 36.2 Å². The van der Waals surface area contributed by atoms with Crippen molar-refractivity contribution in [3.8, 4) is 0 Å². The number of nitrogens with one attached hydrogen (secondary N) is 1. The highest BCUT2D eigenvalue weighted by atomic mass is 35.5. The summed E-state index contributed by atoms with van der Waals surface area (Å²) in [5.41, 5.74) is 0.269. The van der Waals surface area contributed by atoms with Gasteiger partial charge in [-0.05, 0) is 38.0 Å². The summed E-state index contributed by atoms with van der Waals surface area (Å²) in [5, 5.41) is 13.1. The fourth-order valence-electron chi connectivity index (χ4n) is 1.61. The molecule has 0 aliphatic rings. The van der Waals surface area contributed by atoms with Crippen molar-refractivity contribution in [2.24, 2.45) is 5.92 Å². The summed E-state index contributed by atoms with van der Waals surface area (Å²) in [5.74, 6) is -0.338. The van der Waals surface area contributed by atoms with Gasteiger partial charge in [-0.3, -0.25) is 4.79 Å². The first-order chi connectivity index (χ1) is 8.75. The van der Waals surface area contributed by atoms with E-state index in [9.17, 15) is 4.79 Å². The van der Waals surface area contributed by atoms with Crippen molar-refractivity contribution in [1.29, 1.82) is 0 Å². The lowest BCUT2D eigenvalue weighted by atomic mass is 9.98. The summed E-state index contributed by atoms with van der Waals surface area (Å²) >= 11 is 11.9.